The van der Waals surface area contributed by atoms with Crippen molar-refractivity contribution in [1.29, 1.82) is 0 Å². The second kappa shape index (κ2) is 4.62. The Morgan fingerprint density at radius 3 is 2.54 bits per heavy atom. The van der Waals surface area contributed by atoms with E-state index in [1.165, 1.54) is 19.2 Å². The molecule has 0 aliphatic rings. The van der Waals surface area contributed by atoms with E-state index in [2.05, 4.69) is 9.55 Å². The molecule has 0 saturated carbocycles. The predicted molar refractivity (Wildman–Crippen MR) is 48.3 cm³/mol. The van der Waals surface area contributed by atoms with Gasteiger partial charge in [-0.25, -0.2) is 0 Å². The molecule has 1 rings (SSSR count). The second-order valence-electron chi connectivity index (χ2n) is 2.46. The molecule has 13 heavy (non-hydrogen) atoms. The quantitative estimate of drug-likeness (QED) is 0.675. The van der Waals surface area contributed by atoms with Gasteiger partial charge in [0.1, 0.15) is 0 Å². The Morgan fingerprint density at radius 1 is 1.38 bits per heavy atom. The fraction of sp³-hybridized carbons (Fsp3) is 0.250. The van der Waals surface area contributed by atoms with Crippen LogP contribution in [0.2, 0.25) is 0 Å². The number of phenolic OH excluding ortho intramolecular Hbond substituents is 1. The number of rotatable bonds is 3. The van der Waals surface area contributed by atoms with Gasteiger partial charge in [-0.15, -0.1) is 0 Å². The monoisotopic (exact) mass is 179 g/mol. The van der Waals surface area contributed by atoms with Gasteiger partial charge in [-0.1, -0.05) is 0 Å². The van der Waals surface area contributed by atoms with Crippen molar-refractivity contribution in [3.8, 4) is 5.75 Å². The average Bonchev–Trinajstić information content (AvgIpc) is 2.15. The Labute approximate surface area is 76.8 Å². The van der Waals surface area contributed by atoms with E-state index >= 15 is 0 Å². The molecule has 0 radical (unpaired) electrons. The van der Waals surface area contributed by atoms with Crippen LogP contribution in [0.25, 0.3) is 0 Å². The van der Waals surface area contributed by atoms with Crippen molar-refractivity contribution in [2.24, 2.45) is 4.90 Å². The van der Waals surface area contributed by atoms with Crippen LogP contribution in [0.5, 0.6) is 5.75 Å². The minimum absolute atomic E-state index is 0.159. The molecule has 0 unspecified atom stereocenters. The Kier molecular flexibility index (Phi) is 3.46. The first kappa shape index (κ1) is 9.73. The third kappa shape index (κ3) is 2.87. The molecule has 0 aliphatic heterocycles. The van der Waals surface area contributed by atoms with Crippen molar-refractivity contribution in [3.63, 3.8) is 0 Å². The number of hydrogen-bond acceptors (Lipinski definition) is 4. The summed E-state index contributed by atoms with van der Waals surface area (Å²) in [6, 6.07) is 6.15. The van der Waals surface area contributed by atoms with Gasteiger partial charge >= 0.3 is 76.0 Å². The van der Waals surface area contributed by atoms with E-state index in [4.69, 9.17) is 5.11 Å². The third-order valence-corrected chi connectivity index (χ3v) is 1.50. The van der Waals surface area contributed by atoms with Gasteiger partial charge in [0.2, 0.25) is 0 Å². The van der Waals surface area contributed by atoms with E-state index < -0.39 is 6.23 Å². The first-order chi connectivity index (χ1) is 6.24. The molecule has 1 aromatic carbocycles. The van der Waals surface area contributed by atoms with Crippen molar-refractivity contribution in [1.82, 2.24) is 0 Å². The molecule has 0 amide bonds. The Balaban J connectivity index is 2.71. The molecule has 0 spiro atoms. The van der Waals surface area contributed by atoms with Crippen LogP contribution >= 0.6 is 0 Å². The van der Waals surface area contributed by atoms with Gasteiger partial charge in [-0.05, 0) is 0 Å². The molecule has 0 fully saturated rings. The van der Waals surface area contributed by atoms with Crippen LogP contribution < -0.4 is 0 Å². The summed E-state index contributed by atoms with van der Waals surface area (Å²) < 4.78 is 4.56. The van der Waals surface area contributed by atoms with Crippen LogP contribution in [0.15, 0.2) is 29.2 Å². The van der Waals surface area contributed by atoms with Gasteiger partial charge in [-0.2, -0.15) is 0 Å². The van der Waals surface area contributed by atoms with E-state index in [-0.39, 0.29) is 5.75 Å². The molecule has 1 atom stereocenters. The fourth-order valence-electron chi connectivity index (χ4n) is 0.851. The SMILES string of the molecule is COB=N[C@H](O)c1ccc(O)cc1. The number of aromatic hydroxyl groups is 1. The minimum atomic E-state index is -0.944. The normalized spacial score (nSPS) is 12.5. The molecule has 5 heteroatoms. The summed E-state index contributed by atoms with van der Waals surface area (Å²) in [5.41, 5.74) is 0.603. The van der Waals surface area contributed by atoms with Crippen molar-refractivity contribution in [2.45, 2.75) is 6.23 Å². The van der Waals surface area contributed by atoms with Gasteiger partial charge in [0.25, 0.3) is 0 Å². The number of aliphatic hydroxyl groups excluding tert-OH is 1. The maximum atomic E-state index is 9.38. The summed E-state index contributed by atoms with van der Waals surface area (Å²) in [4.78, 5) is 3.67. The Morgan fingerprint density at radius 2 is 2.00 bits per heavy atom. The number of hydrogen-bond donors (Lipinski definition) is 2. The summed E-state index contributed by atoms with van der Waals surface area (Å²) in [6.45, 7) is 0. The Bertz CT molecular complexity index is 286. The van der Waals surface area contributed by atoms with Crippen LogP contribution in [-0.4, -0.2) is 24.6 Å². The molecule has 0 aromatic heterocycles. The predicted octanol–water partition coefficient (Wildman–Crippen LogP) is 0.832. The van der Waals surface area contributed by atoms with Crippen LogP contribution in [0.3, 0.4) is 0 Å². The Hall–Kier alpha value is -1.36. The first-order valence-electron chi connectivity index (χ1n) is 3.75. The first-order valence-corrected chi connectivity index (χ1v) is 3.75. The summed E-state index contributed by atoms with van der Waals surface area (Å²) >= 11 is 0. The van der Waals surface area contributed by atoms with Crippen molar-refractivity contribution in [3.05, 3.63) is 29.8 Å². The molecule has 4 nitrogen and oxygen atoms in total. The molecule has 0 bridgehead atoms. The topological polar surface area (TPSA) is 62.0 Å². The second-order valence-corrected chi connectivity index (χ2v) is 2.46. The van der Waals surface area contributed by atoms with Gasteiger partial charge in [0.15, 0.2) is 0 Å². The number of nitrogens with zero attached hydrogens (tertiary/aromatic N) is 1. The zero-order valence-electron chi connectivity index (χ0n) is 7.21. The molecule has 1 aromatic rings. The fourth-order valence-corrected chi connectivity index (χ4v) is 0.851. The summed E-state index contributed by atoms with van der Waals surface area (Å²) in [5.74, 6) is 0.159. The standard InChI is InChI=1S/C8H10BNO3/c1-13-9-10-8(12)6-2-4-7(11)5-3-6/h2-5,8,11-12H,1H3/t8-/m1/s1. The molecular formula is C8H10BNO3. The van der Waals surface area contributed by atoms with Crippen molar-refractivity contribution < 1.29 is 14.9 Å². The molecule has 0 heterocycles. The van der Waals surface area contributed by atoms with E-state index in [1.807, 2.05) is 0 Å². The van der Waals surface area contributed by atoms with Gasteiger partial charge in [-0.3, -0.25) is 0 Å². The van der Waals surface area contributed by atoms with Crippen molar-refractivity contribution in [2.75, 3.05) is 7.11 Å². The summed E-state index contributed by atoms with van der Waals surface area (Å²) in [6.07, 6.45) is -0.944. The van der Waals surface area contributed by atoms with Gasteiger partial charge in [0.05, 0.1) is 0 Å². The average molecular weight is 179 g/mol. The number of aliphatic hydroxyl groups is 1. The number of phenols is 1. The van der Waals surface area contributed by atoms with E-state index in [0.29, 0.717) is 5.56 Å². The molecular weight excluding hydrogens is 169 g/mol. The van der Waals surface area contributed by atoms with Gasteiger partial charge < -0.3 is 0 Å². The summed E-state index contributed by atoms with van der Waals surface area (Å²) in [5, 5.41) is 18.4. The number of benzene rings is 1. The van der Waals surface area contributed by atoms with E-state index in [1.54, 1.807) is 12.1 Å². The van der Waals surface area contributed by atoms with Crippen molar-refractivity contribution >= 4 is 7.27 Å². The molecule has 0 saturated heterocycles. The van der Waals surface area contributed by atoms with Crippen LogP contribution in [0.1, 0.15) is 11.8 Å². The van der Waals surface area contributed by atoms with Crippen LogP contribution in [-0.2, 0) is 4.65 Å². The molecule has 2 N–H and O–H groups in total. The zero-order chi connectivity index (χ0) is 9.68. The molecule has 68 valence electrons. The molecule has 0 aliphatic carbocycles. The third-order valence-electron chi connectivity index (χ3n) is 1.50. The van der Waals surface area contributed by atoms with Gasteiger partial charge in [0, 0.05) is 0 Å². The van der Waals surface area contributed by atoms with E-state index in [9.17, 15) is 5.11 Å². The van der Waals surface area contributed by atoms with Crippen LogP contribution in [0, 0.1) is 0 Å². The van der Waals surface area contributed by atoms with Crippen LogP contribution in [0.4, 0.5) is 0 Å². The maximum absolute atomic E-state index is 9.38. The van der Waals surface area contributed by atoms with E-state index in [0.717, 1.165) is 7.27 Å². The zero-order valence-corrected chi connectivity index (χ0v) is 7.21. The summed E-state index contributed by atoms with van der Waals surface area (Å²) in [7, 11) is 2.62.